The number of allylic oxidation sites excluding steroid dienone is 2. The van der Waals surface area contributed by atoms with Gasteiger partial charge in [0.05, 0.1) is 12.9 Å². The minimum absolute atomic E-state index is 0.313. The summed E-state index contributed by atoms with van der Waals surface area (Å²) in [6.07, 6.45) is 8.40. The normalized spacial score (nSPS) is 23.2. The average Bonchev–Trinajstić information content (AvgIpc) is 2.36. The lowest BCUT2D eigenvalue weighted by molar-refractivity contribution is 0.297. The highest BCUT2D eigenvalue weighted by Crippen LogP contribution is 2.20. The van der Waals surface area contributed by atoms with Gasteiger partial charge in [0, 0.05) is 0 Å². The van der Waals surface area contributed by atoms with Gasteiger partial charge in [-0.3, -0.25) is 4.18 Å². The van der Waals surface area contributed by atoms with Gasteiger partial charge in [-0.05, 0) is 25.2 Å². The largest absolute Gasteiger partial charge is 0.270 e. The molecule has 70 valence electrons. The molecule has 0 amide bonds. The van der Waals surface area contributed by atoms with Crippen LogP contribution in [0.1, 0.15) is 19.3 Å². The monoisotopic (exact) mass is 190 g/mol. The second-order valence-electron chi connectivity index (χ2n) is 3.08. The molecule has 0 aromatic carbocycles. The maximum Gasteiger partial charge on any atom is 0.264 e. The highest BCUT2D eigenvalue weighted by atomic mass is 32.2. The highest BCUT2D eigenvalue weighted by molar-refractivity contribution is 7.85. The summed E-state index contributed by atoms with van der Waals surface area (Å²) in [4.78, 5) is 0. The van der Waals surface area contributed by atoms with Crippen molar-refractivity contribution in [1.82, 2.24) is 0 Å². The Bertz CT molecular complexity index is 253. The van der Waals surface area contributed by atoms with Crippen molar-refractivity contribution in [2.75, 3.05) is 12.9 Å². The molecule has 12 heavy (non-hydrogen) atoms. The Labute approximate surface area is 73.5 Å². The van der Waals surface area contributed by atoms with E-state index in [-0.39, 0.29) is 0 Å². The summed E-state index contributed by atoms with van der Waals surface area (Å²) in [7, 11) is -3.24. The van der Waals surface area contributed by atoms with Crippen LogP contribution in [0, 0.1) is 5.92 Å². The van der Waals surface area contributed by atoms with Crippen molar-refractivity contribution in [3.05, 3.63) is 12.2 Å². The van der Waals surface area contributed by atoms with Crippen LogP contribution in [0.2, 0.25) is 0 Å². The van der Waals surface area contributed by atoms with E-state index in [9.17, 15) is 8.42 Å². The molecule has 0 radical (unpaired) electrons. The highest BCUT2D eigenvalue weighted by Gasteiger charge is 2.10. The zero-order chi connectivity index (χ0) is 9.03. The van der Waals surface area contributed by atoms with Crippen molar-refractivity contribution in [2.24, 2.45) is 5.92 Å². The summed E-state index contributed by atoms with van der Waals surface area (Å²) in [5.74, 6) is 0.520. The summed E-state index contributed by atoms with van der Waals surface area (Å²) < 4.78 is 25.8. The van der Waals surface area contributed by atoms with Gasteiger partial charge >= 0.3 is 0 Å². The SMILES string of the molecule is CS(=O)(=O)OCCC1C=CCC1. The molecule has 0 spiro atoms. The number of hydrogen-bond donors (Lipinski definition) is 0. The van der Waals surface area contributed by atoms with Crippen LogP contribution in [0.5, 0.6) is 0 Å². The van der Waals surface area contributed by atoms with E-state index in [1.54, 1.807) is 0 Å². The maximum atomic E-state index is 10.6. The zero-order valence-electron chi connectivity index (χ0n) is 7.19. The molecular weight excluding hydrogens is 176 g/mol. The minimum atomic E-state index is -3.24. The molecule has 0 aromatic rings. The minimum Gasteiger partial charge on any atom is -0.270 e. The van der Waals surface area contributed by atoms with E-state index in [0.717, 1.165) is 25.5 Å². The molecular formula is C8H14O3S. The Morgan fingerprint density at radius 3 is 2.83 bits per heavy atom. The predicted octanol–water partition coefficient (Wildman–Crippen LogP) is 1.32. The van der Waals surface area contributed by atoms with Crippen LogP contribution < -0.4 is 0 Å². The van der Waals surface area contributed by atoms with Crippen molar-refractivity contribution in [1.29, 1.82) is 0 Å². The fourth-order valence-corrected chi connectivity index (χ4v) is 1.69. The summed E-state index contributed by atoms with van der Waals surface area (Å²) in [6.45, 7) is 0.313. The molecule has 4 heteroatoms. The molecule has 1 rings (SSSR count). The van der Waals surface area contributed by atoms with Crippen molar-refractivity contribution in [3.8, 4) is 0 Å². The molecule has 0 heterocycles. The summed E-state index contributed by atoms with van der Waals surface area (Å²) in [5, 5.41) is 0. The van der Waals surface area contributed by atoms with E-state index < -0.39 is 10.1 Å². The standard InChI is InChI=1S/C8H14O3S/c1-12(9,10)11-7-6-8-4-2-3-5-8/h2,4,8H,3,5-7H2,1H3. The van der Waals surface area contributed by atoms with Gasteiger partial charge in [-0.2, -0.15) is 8.42 Å². The Hall–Kier alpha value is -0.350. The van der Waals surface area contributed by atoms with Gasteiger partial charge < -0.3 is 0 Å². The summed E-state index contributed by atoms with van der Waals surface area (Å²) >= 11 is 0. The lowest BCUT2D eigenvalue weighted by Crippen LogP contribution is -2.06. The Balaban J connectivity index is 2.14. The van der Waals surface area contributed by atoms with Crippen LogP contribution in [0.3, 0.4) is 0 Å². The van der Waals surface area contributed by atoms with E-state index in [1.807, 2.05) is 0 Å². The zero-order valence-corrected chi connectivity index (χ0v) is 8.01. The average molecular weight is 190 g/mol. The quantitative estimate of drug-likeness (QED) is 0.496. The number of rotatable bonds is 4. The van der Waals surface area contributed by atoms with Gasteiger partial charge in [-0.1, -0.05) is 12.2 Å². The molecule has 0 bridgehead atoms. The maximum absolute atomic E-state index is 10.6. The molecule has 0 N–H and O–H groups in total. The third kappa shape index (κ3) is 3.88. The van der Waals surface area contributed by atoms with E-state index in [4.69, 9.17) is 0 Å². The van der Waals surface area contributed by atoms with Gasteiger partial charge in [0.2, 0.25) is 0 Å². The molecule has 1 atom stereocenters. The molecule has 0 aromatic heterocycles. The van der Waals surface area contributed by atoms with Crippen molar-refractivity contribution in [3.63, 3.8) is 0 Å². The first-order chi connectivity index (χ1) is 5.58. The fourth-order valence-electron chi connectivity index (χ4n) is 1.29. The molecule has 1 unspecified atom stereocenters. The molecule has 0 fully saturated rings. The molecule has 1 aliphatic carbocycles. The van der Waals surface area contributed by atoms with Gasteiger partial charge in [0.25, 0.3) is 10.1 Å². The van der Waals surface area contributed by atoms with Crippen LogP contribution >= 0.6 is 0 Å². The smallest absolute Gasteiger partial charge is 0.264 e. The van der Waals surface area contributed by atoms with Gasteiger partial charge in [0.1, 0.15) is 0 Å². The van der Waals surface area contributed by atoms with Crippen molar-refractivity contribution >= 4 is 10.1 Å². The lowest BCUT2D eigenvalue weighted by Gasteiger charge is -2.05. The van der Waals surface area contributed by atoms with Gasteiger partial charge in [-0.25, -0.2) is 0 Å². The van der Waals surface area contributed by atoms with Crippen LogP contribution in [-0.2, 0) is 14.3 Å². The first-order valence-electron chi connectivity index (χ1n) is 4.09. The van der Waals surface area contributed by atoms with E-state index in [0.29, 0.717) is 12.5 Å². The van der Waals surface area contributed by atoms with Gasteiger partial charge in [0.15, 0.2) is 0 Å². The summed E-state index contributed by atoms with van der Waals surface area (Å²) in [6, 6.07) is 0. The van der Waals surface area contributed by atoms with Gasteiger partial charge in [-0.15, -0.1) is 0 Å². The van der Waals surface area contributed by atoms with E-state index >= 15 is 0 Å². The van der Waals surface area contributed by atoms with Crippen LogP contribution in [0.15, 0.2) is 12.2 Å². The molecule has 0 saturated carbocycles. The number of hydrogen-bond acceptors (Lipinski definition) is 3. The summed E-state index contributed by atoms with van der Waals surface area (Å²) in [5.41, 5.74) is 0. The van der Waals surface area contributed by atoms with Crippen molar-refractivity contribution in [2.45, 2.75) is 19.3 Å². The Kier molecular flexibility index (Phi) is 3.29. The lowest BCUT2D eigenvalue weighted by atomic mass is 10.1. The molecule has 1 aliphatic rings. The molecule has 0 saturated heterocycles. The Morgan fingerprint density at radius 2 is 2.33 bits per heavy atom. The second kappa shape index (κ2) is 4.05. The fraction of sp³-hybridized carbons (Fsp3) is 0.750. The molecule has 3 nitrogen and oxygen atoms in total. The van der Waals surface area contributed by atoms with E-state index in [2.05, 4.69) is 16.3 Å². The van der Waals surface area contributed by atoms with E-state index in [1.165, 1.54) is 0 Å². The van der Waals surface area contributed by atoms with Crippen LogP contribution in [0.4, 0.5) is 0 Å². The topological polar surface area (TPSA) is 43.4 Å². The van der Waals surface area contributed by atoms with Crippen LogP contribution in [-0.4, -0.2) is 21.3 Å². The van der Waals surface area contributed by atoms with Crippen LogP contribution in [0.25, 0.3) is 0 Å². The first kappa shape index (κ1) is 9.74. The molecule has 0 aliphatic heterocycles. The van der Waals surface area contributed by atoms with Crippen molar-refractivity contribution < 1.29 is 12.6 Å². The second-order valence-corrected chi connectivity index (χ2v) is 4.72. The Morgan fingerprint density at radius 1 is 1.58 bits per heavy atom. The first-order valence-corrected chi connectivity index (χ1v) is 5.90. The third-order valence-electron chi connectivity index (χ3n) is 1.90. The predicted molar refractivity (Wildman–Crippen MR) is 47.3 cm³/mol. The third-order valence-corrected chi connectivity index (χ3v) is 2.49.